The molecule has 1 aliphatic carbocycles. The van der Waals surface area contributed by atoms with Crippen molar-refractivity contribution in [2.24, 2.45) is 5.92 Å². The van der Waals surface area contributed by atoms with Crippen LogP contribution in [0.25, 0.3) is 11.0 Å². The predicted octanol–water partition coefficient (Wildman–Crippen LogP) is 2.86. The zero-order chi connectivity index (χ0) is 19.3. The average molecular weight is 373 g/mol. The quantitative estimate of drug-likeness (QED) is 0.549. The summed E-state index contributed by atoms with van der Waals surface area (Å²) in [5.41, 5.74) is 3.73. The molecule has 0 radical (unpaired) electrons. The molecule has 0 N–H and O–H groups in total. The molecule has 140 valence electrons. The van der Waals surface area contributed by atoms with Crippen LogP contribution in [-0.4, -0.2) is 24.7 Å². The van der Waals surface area contributed by atoms with Crippen LogP contribution in [0.3, 0.4) is 0 Å². The third kappa shape index (κ3) is 2.62. The van der Waals surface area contributed by atoms with Gasteiger partial charge in [0.1, 0.15) is 12.9 Å². The van der Waals surface area contributed by atoms with Crippen molar-refractivity contribution in [1.82, 2.24) is 24.7 Å². The minimum atomic E-state index is -0.157. The Morgan fingerprint density at radius 2 is 2.07 bits per heavy atom. The van der Waals surface area contributed by atoms with Gasteiger partial charge < -0.3 is 4.52 Å². The largest absolute Gasteiger partial charge is 0.337 e. The van der Waals surface area contributed by atoms with E-state index in [-0.39, 0.29) is 18.0 Å². The van der Waals surface area contributed by atoms with Crippen molar-refractivity contribution in [3.63, 3.8) is 0 Å². The van der Waals surface area contributed by atoms with Gasteiger partial charge in [-0.05, 0) is 42.0 Å². The van der Waals surface area contributed by atoms with E-state index in [0.29, 0.717) is 28.7 Å². The summed E-state index contributed by atoms with van der Waals surface area (Å²) < 4.78 is 6.96. The summed E-state index contributed by atoms with van der Waals surface area (Å²) in [6.45, 7) is 4.27. The van der Waals surface area contributed by atoms with Gasteiger partial charge in [-0.1, -0.05) is 36.3 Å². The van der Waals surface area contributed by atoms with Crippen molar-refractivity contribution in [2.75, 3.05) is 0 Å². The van der Waals surface area contributed by atoms with Crippen LogP contribution in [0.5, 0.6) is 0 Å². The summed E-state index contributed by atoms with van der Waals surface area (Å²) in [4.78, 5) is 25.9. The number of hydrogen-bond donors (Lipinski definition) is 0. The van der Waals surface area contributed by atoms with Crippen LogP contribution in [0.1, 0.15) is 41.2 Å². The Balaban J connectivity index is 1.48. The molecule has 0 spiro atoms. The van der Waals surface area contributed by atoms with Gasteiger partial charge in [0, 0.05) is 6.20 Å². The maximum absolute atomic E-state index is 12.8. The molecule has 0 unspecified atom stereocenters. The van der Waals surface area contributed by atoms with Gasteiger partial charge in [-0.25, -0.2) is 9.97 Å². The van der Waals surface area contributed by atoms with Gasteiger partial charge in [-0.15, -0.1) is 0 Å². The maximum Gasteiger partial charge on any atom is 0.263 e. The summed E-state index contributed by atoms with van der Waals surface area (Å²) in [5, 5.41) is 4.74. The SMILES string of the molecule is Cc1ccnc2ncn(Cc3nc([C@H]4c5ccccc5C[C@H]4C)no3)c(=O)c12. The number of benzene rings is 1. The Morgan fingerprint density at radius 1 is 1.21 bits per heavy atom. The first-order valence-electron chi connectivity index (χ1n) is 9.33. The Bertz CT molecular complexity index is 1240. The van der Waals surface area contributed by atoms with Crippen molar-refractivity contribution in [1.29, 1.82) is 0 Å². The molecule has 2 atom stereocenters. The molecule has 5 rings (SSSR count). The molecular weight excluding hydrogens is 354 g/mol. The monoisotopic (exact) mass is 373 g/mol. The van der Waals surface area contributed by atoms with Gasteiger partial charge in [0.15, 0.2) is 11.5 Å². The number of aromatic nitrogens is 5. The van der Waals surface area contributed by atoms with E-state index in [1.807, 2.05) is 13.0 Å². The molecule has 0 bridgehead atoms. The van der Waals surface area contributed by atoms with E-state index in [0.717, 1.165) is 12.0 Å². The fourth-order valence-electron chi connectivity index (χ4n) is 4.13. The maximum atomic E-state index is 12.8. The molecule has 0 saturated heterocycles. The molecule has 7 heteroatoms. The first-order valence-corrected chi connectivity index (χ1v) is 9.33. The molecule has 28 heavy (non-hydrogen) atoms. The Labute approximate surface area is 161 Å². The van der Waals surface area contributed by atoms with Gasteiger partial charge >= 0.3 is 0 Å². The molecule has 0 fully saturated rings. The lowest BCUT2D eigenvalue weighted by atomic mass is 9.93. The highest BCUT2D eigenvalue weighted by atomic mass is 16.5. The van der Waals surface area contributed by atoms with Crippen molar-refractivity contribution in [3.05, 3.63) is 81.6 Å². The molecule has 3 heterocycles. The van der Waals surface area contributed by atoms with Gasteiger partial charge in [0.25, 0.3) is 5.56 Å². The number of aryl methyl sites for hydroxylation is 1. The highest BCUT2D eigenvalue weighted by molar-refractivity contribution is 5.76. The van der Waals surface area contributed by atoms with Gasteiger partial charge in [-0.3, -0.25) is 9.36 Å². The molecule has 7 nitrogen and oxygen atoms in total. The molecular formula is C21H19N5O2. The highest BCUT2D eigenvalue weighted by Gasteiger charge is 2.33. The lowest BCUT2D eigenvalue weighted by Gasteiger charge is -2.11. The lowest BCUT2D eigenvalue weighted by molar-refractivity contribution is 0.359. The van der Waals surface area contributed by atoms with E-state index in [2.05, 4.69) is 45.2 Å². The van der Waals surface area contributed by atoms with Crippen LogP contribution in [0.2, 0.25) is 0 Å². The standard InChI is InChI=1S/C21H19N5O2/c1-12-7-8-22-19-18(12)21(27)26(11-23-19)10-16-24-20(25-28-16)17-13(2)9-14-5-3-4-6-15(14)17/h3-8,11,13,17H,9-10H2,1-2H3/t13-,17-/m1/s1. The highest BCUT2D eigenvalue weighted by Crippen LogP contribution is 2.40. The molecule has 1 aromatic carbocycles. The topological polar surface area (TPSA) is 86.7 Å². The van der Waals surface area contributed by atoms with E-state index < -0.39 is 0 Å². The van der Waals surface area contributed by atoms with E-state index in [9.17, 15) is 4.79 Å². The predicted molar refractivity (Wildman–Crippen MR) is 103 cm³/mol. The Hall–Kier alpha value is -3.35. The van der Waals surface area contributed by atoms with Crippen LogP contribution in [-0.2, 0) is 13.0 Å². The van der Waals surface area contributed by atoms with Crippen molar-refractivity contribution in [2.45, 2.75) is 32.7 Å². The molecule has 0 aliphatic heterocycles. The van der Waals surface area contributed by atoms with Crippen LogP contribution in [0, 0.1) is 12.8 Å². The second-order valence-corrected chi connectivity index (χ2v) is 7.41. The van der Waals surface area contributed by atoms with Crippen molar-refractivity contribution in [3.8, 4) is 0 Å². The van der Waals surface area contributed by atoms with Crippen LogP contribution in [0.4, 0.5) is 0 Å². The van der Waals surface area contributed by atoms with Crippen LogP contribution < -0.4 is 5.56 Å². The Kier molecular flexibility index (Phi) is 3.82. The number of rotatable bonds is 3. The zero-order valence-electron chi connectivity index (χ0n) is 15.7. The van der Waals surface area contributed by atoms with Crippen LogP contribution in [0.15, 0.2) is 52.2 Å². The zero-order valence-corrected chi connectivity index (χ0v) is 15.7. The minimum absolute atomic E-state index is 0.117. The third-order valence-corrected chi connectivity index (χ3v) is 5.50. The number of pyridine rings is 1. The first kappa shape index (κ1) is 16.8. The van der Waals surface area contributed by atoms with E-state index >= 15 is 0 Å². The number of nitrogens with zero attached hydrogens (tertiary/aromatic N) is 5. The number of fused-ring (bicyclic) bond motifs is 2. The molecule has 0 saturated carbocycles. The molecule has 0 amide bonds. The first-order chi connectivity index (χ1) is 13.6. The third-order valence-electron chi connectivity index (χ3n) is 5.50. The molecule has 4 aromatic rings. The van der Waals surface area contributed by atoms with Crippen molar-refractivity contribution < 1.29 is 4.52 Å². The van der Waals surface area contributed by atoms with E-state index in [4.69, 9.17) is 4.52 Å². The fraction of sp³-hybridized carbons (Fsp3) is 0.286. The smallest absolute Gasteiger partial charge is 0.263 e. The van der Waals surface area contributed by atoms with Gasteiger partial charge in [-0.2, -0.15) is 4.98 Å². The van der Waals surface area contributed by atoms with E-state index in [1.54, 1.807) is 12.3 Å². The summed E-state index contributed by atoms with van der Waals surface area (Å²) in [7, 11) is 0. The van der Waals surface area contributed by atoms with E-state index in [1.165, 1.54) is 22.0 Å². The van der Waals surface area contributed by atoms with Gasteiger partial charge in [0.2, 0.25) is 5.89 Å². The normalized spacial score (nSPS) is 18.5. The number of hydrogen-bond acceptors (Lipinski definition) is 6. The van der Waals surface area contributed by atoms with Crippen molar-refractivity contribution >= 4 is 11.0 Å². The Morgan fingerprint density at radius 3 is 2.96 bits per heavy atom. The summed E-state index contributed by atoms with van der Waals surface area (Å²) in [6.07, 6.45) is 4.14. The van der Waals surface area contributed by atoms with Crippen LogP contribution >= 0.6 is 0 Å². The second-order valence-electron chi connectivity index (χ2n) is 7.41. The average Bonchev–Trinajstić information content (AvgIpc) is 3.27. The lowest BCUT2D eigenvalue weighted by Crippen LogP contribution is -2.22. The van der Waals surface area contributed by atoms with Gasteiger partial charge in [0.05, 0.1) is 11.3 Å². The minimum Gasteiger partial charge on any atom is -0.337 e. The second kappa shape index (κ2) is 6.37. The fourth-order valence-corrected chi connectivity index (χ4v) is 4.13. The summed E-state index contributed by atoms with van der Waals surface area (Å²) in [6, 6.07) is 10.2. The molecule has 3 aromatic heterocycles. The molecule has 1 aliphatic rings. The summed E-state index contributed by atoms with van der Waals surface area (Å²) >= 11 is 0. The summed E-state index contributed by atoms with van der Waals surface area (Å²) in [5.74, 6) is 1.59.